The Hall–Kier alpha value is -3.09. The SMILES string of the molecule is CCC(C)C(=O)Nc1ccc(N=Nc2ccc([N+](=O)[O-])cc2)cc1. The summed E-state index contributed by atoms with van der Waals surface area (Å²) in [4.78, 5) is 21.9. The molecule has 0 aliphatic rings. The Bertz CT molecular complexity index is 739. The molecule has 2 rings (SSSR count). The van der Waals surface area contributed by atoms with Gasteiger partial charge in [0.05, 0.1) is 16.3 Å². The third-order valence-electron chi connectivity index (χ3n) is 3.54. The van der Waals surface area contributed by atoms with Gasteiger partial charge < -0.3 is 5.32 Å². The van der Waals surface area contributed by atoms with Gasteiger partial charge in [0.25, 0.3) is 5.69 Å². The molecular formula is C17H18N4O3. The Morgan fingerprint density at radius 1 is 1.08 bits per heavy atom. The maximum atomic E-state index is 11.8. The van der Waals surface area contributed by atoms with Crippen LogP contribution in [0.5, 0.6) is 0 Å². The number of benzene rings is 2. The highest BCUT2D eigenvalue weighted by atomic mass is 16.6. The highest BCUT2D eigenvalue weighted by molar-refractivity contribution is 5.92. The van der Waals surface area contributed by atoms with Gasteiger partial charge in [-0.25, -0.2) is 0 Å². The Balaban J connectivity index is 2.00. The van der Waals surface area contributed by atoms with Crippen LogP contribution in [0.15, 0.2) is 58.8 Å². The summed E-state index contributed by atoms with van der Waals surface area (Å²) in [5, 5.41) is 21.5. The summed E-state index contributed by atoms with van der Waals surface area (Å²) in [7, 11) is 0. The van der Waals surface area contributed by atoms with Crippen molar-refractivity contribution < 1.29 is 9.72 Å². The molecule has 0 heterocycles. The standard InChI is InChI=1S/C17H18N4O3/c1-3-12(2)17(22)18-13-4-6-14(7-5-13)19-20-15-8-10-16(11-9-15)21(23)24/h4-12H,3H2,1-2H3,(H,18,22). The molecular weight excluding hydrogens is 308 g/mol. The number of anilines is 1. The number of nitro benzene ring substituents is 1. The summed E-state index contributed by atoms with van der Waals surface area (Å²) in [5.74, 6) is -0.0516. The largest absolute Gasteiger partial charge is 0.326 e. The number of carbonyl (C=O) groups is 1. The minimum Gasteiger partial charge on any atom is -0.326 e. The molecule has 24 heavy (non-hydrogen) atoms. The van der Waals surface area contributed by atoms with E-state index >= 15 is 0 Å². The summed E-state index contributed by atoms with van der Waals surface area (Å²) in [5.41, 5.74) is 1.86. The second-order valence-corrected chi connectivity index (χ2v) is 5.32. The number of nitro groups is 1. The van der Waals surface area contributed by atoms with E-state index in [-0.39, 0.29) is 17.5 Å². The summed E-state index contributed by atoms with van der Waals surface area (Å²) in [6.07, 6.45) is 0.785. The normalized spacial score (nSPS) is 12.1. The van der Waals surface area contributed by atoms with E-state index in [9.17, 15) is 14.9 Å². The van der Waals surface area contributed by atoms with Gasteiger partial charge in [0, 0.05) is 23.7 Å². The van der Waals surface area contributed by atoms with Gasteiger partial charge >= 0.3 is 0 Å². The highest BCUT2D eigenvalue weighted by Crippen LogP contribution is 2.22. The number of hydrogen-bond acceptors (Lipinski definition) is 5. The van der Waals surface area contributed by atoms with Crippen LogP contribution in [-0.4, -0.2) is 10.8 Å². The van der Waals surface area contributed by atoms with Gasteiger partial charge in [0.2, 0.25) is 5.91 Å². The molecule has 1 amide bonds. The molecule has 0 saturated carbocycles. The van der Waals surface area contributed by atoms with Gasteiger partial charge in [-0.3, -0.25) is 14.9 Å². The topological polar surface area (TPSA) is 97.0 Å². The fraction of sp³-hybridized carbons (Fsp3) is 0.235. The molecule has 124 valence electrons. The average molecular weight is 326 g/mol. The lowest BCUT2D eigenvalue weighted by molar-refractivity contribution is -0.384. The number of amides is 1. The van der Waals surface area contributed by atoms with E-state index in [1.807, 2.05) is 13.8 Å². The van der Waals surface area contributed by atoms with Crippen molar-refractivity contribution in [3.8, 4) is 0 Å². The Kier molecular flexibility index (Phi) is 5.73. The van der Waals surface area contributed by atoms with E-state index in [0.29, 0.717) is 17.1 Å². The van der Waals surface area contributed by atoms with E-state index in [4.69, 9.17) is 0 Å². The molecule has 0 aromatic heterocycles. The molecule has 0 fully saturated rings. The number of carbonyl (C=O) groups excluding carboxylic acids is 1. The molecule has 0 aliphatic carbocycles. The monoisotopic (exact) mass is 326 g/mol. The molecule has 7 nitrogen and oxygen atoms in total. The number of nitrogens with zero attached hydrogens (tertiary/aromatic N) is 3. The van der Waals surface area contributed by atoms with Gasteiger partial charge in [-0.2, -0.15) is 10.2 Å². The second-order valence-electron chi connectivity index (χ2n) is 5.32. The van der Waals surface area contributed by atoms with Gasteiger partial charge in [0.15, 0.2) is 0 Å². The number of hydrogen-bond donors (Lipinski definition) is 1. The predicted octanol–water partition coefficient (Wildman–Crippen LogP) is 4.99. The van der Waals surface area contributed by atoms with Crippen molar-refractivity contribution in [3.05, 3.63) is 58.6 Å². The third kappa shape index (κ3) is 4.70. The Labute approximate surface area is 139 Å². The molecule has 0 aliphatic heterocycles. The third-order valence-corrected chi connectivity index (χ3v) is 3.54. The van der Waals surface area contributed by atoms with Crippen LogP contribution in [0, 0.1) is 16.0 Å². The molecule has 2 aromatic rings. The quantitative estimate of drug-likeness (QED) is 0.459. The molecule has 0 radical (unpaired) electrons. The van der Waals surface area contributed by atoms with Crippen molar-refractivity contribution in [2.45, 2.75) is 20.3 Å². The van der Waals surface area contributed by atoms with Crippen molar-refractivity contribution >= 4 is 28.7 Å². The van der Waals surface area contributed by atoms with Crippen molar-refractivity contribution in [2.24, 2.45) is 16.1 Å². The first-order valence-electron chi connectivity index (χ1n) is 7.56. The highest BCUT2D eigenvalue weighted by Gasteiger charge is 2.10. The van der Waals surface area contributed by atoms with Crippen LogP contribution < -0.4 is 5.32 Å². The fourth-order valence-corrected chi connectivity index (χ4v) is 1.82. The maximum absolute atomic E-state index is 11.8. The lowest BCUT2D eigenvalue weighted by Gasteiger charge is -2.09. The molecule has 2 aromatic carbocycles. The molecule has 0 saturated heterocycles. The molecule has 1 N–H and O–H groups in total. The van der Waals surface area contributed by atoms with E-state index in [2.05, 4.69) is 15.5 Å². The number of non-ortho nitro benzene ring substituents is 1. The number of nitrogens with one attached hydrogen (secondary N) is 1. The smallest absolute Gasteiger partial charge is 0.269 e. The van der Waals surface area contributed by atoms with E-state index in [0.717, 1.165) is 6.42 Å². The zero-order chi connectivity index (χ0) is 17.5. The molecule has 0 bridgehead atoms. The van der Waals surface area contributed by atoms with Crippen LogP contribution in [0.2, 0.25) is 0 Å². The summed E-state index contributed by atoms with van der Waals surface area (Å²) >= 11 is 0. The number of azo groups is 1. The number of rotatable bonds is 6. The average Bonchev–Trinajstić information content (AvgIpc) is 2.60. The van der Waals surface area contributed by atoms with Gasteiger partial charge in [-0.05, 0) is 42.8 Å². The first-order chi connectivity index (χ1) is 11.5. The molecule has 1 atom stereocenters. The van der Waals surface area contributed by atoms with Gasteiger partial charge in [-0.1, -0.05) is 13.8 Å². The Morgan fingerprint density at radius 3 is 2.04 bits per heavy atom. The maximum Gasteiger partial charge on any atom is 0.269 e. The van der Waals surface area contributed by atoms with Crippen LogP contribution in [-0.2, 0) is 4.79 Å². The van der Waals surface area contributed by atoms with Crippen LogP contribution in [0.4, 0.5) is 22.7 Å². The molecule has 7 heteroatoms. The van der Waals surface area contributed by atoms with Gasteiger partial charge in [0.1, 0.15) is 0 Å². The Morgan fingerprint density at radius 2 is 1.58 bits per heavy atom. The minimum absolute atomic E-state index is 0.00959. The van der Waals surface area contributed by atoms with Crippen LogP contribution in [0.3, 0.4) is 0 Å². The lowest BCUT2D eigenvalue weighted by Crippen LogP contribution is -2.19. The van der Waals surface area contributed by atoms with Gasteiger partial charge in [-0.15, -0.1) is 0 Å². The van der Waals surface area contributed by atoms with E-state index in [1.54, 1.807) is 24.3 Å². The van der Waals surface area contributed by atoms with Crippen LogP contribution >= 0.6 is 0 Å². The first kappa shape index (κ1) is 17.3. The first-order valence-corrected chi connectivity index (χ1v) is 7.56. The van der Waals surface area contributed by atoms with Crippen molar-refractivity contribution in [2.75, 3.05) is 5.32 Å². The van der Waals surface area contributed by atoms with Crippen LogP contribution in [0.25, 0.3) is 0 Å². The fourth-order valence-electron chi connectivity index (χ4n) is 1.82. The zero-order valence-electron chi connectivity index (χ0n) is 13.5. The zero-order valence-corrected chi connectivity index (χ0v) is 13.5. The van der Waals surface area contributed by atoms with Crippen molar-refractivity contribution in [1.29, 1.82) is 0 Å². The molecule has 1 unspecified atom stereocenters. The summed E-state index contributed by atoms with van der Waals surface area (Å²) < 4.78 is 0. The van der Waals surface area contributed by atoms with E-state index < -0.39 is 4.92 Å². The second kappa shape index (κ2) is 7.96. The van der Waals surface area contributed by atoms with Crippen molar-refractivity contribution in [3.63, 3.8) is 0 Å². The summed E-state index contributed by atoms with van der Waals surface area (Å²) in [6.45, 7) is 3.84. The summed E-state index contributed by atoms with van der Waals surface area (Å²) in [6, 6.07) is 12.8. The molecule has 0 spiro atoms. The lowest BCUT2D eigenvalue weighted by atomic mass is 10.1. The van der Waals surface area contributed by atoms with Crippen LogP contribution in [0.1, 0.15) is 20.3 Å². The van der Waals surface area contributed by atoms with Crippen molar-refractivity contribution in [1.82, 2.24) is 0 Å². The predicted molar refractivity (Wildman–Crippen MR) is 91.8 cm³/mol. The minimum atomic E-state index is -0.465. The van der Waals surface area contributed by atoms with E-state index in [1.165, 1.54) is 24.3 Å².